The number of hydrogen-bond acceptors (Lipinski definition) is 12. The molecule has 17 nitrogen and oxygen atoms in total. The van der Waals surface area contributed by atoms with Crippen LogP contribution in [0.1, 0.15) is 48.4 Å². The zero-order valence-corrected chi connectivity index (χ0v) is 27.3. The van der Waals surface area contributed by atoms with Crippen LogP contribution in [-0.4, -0.2) is 94.3 Å². The van der Waals surface area contributed by atoms with E-state index in [9.17, 15) is 42.8 Å². The molecule has 3 heterocycles. The minimum Gasteiger partial charge on any atom is -0.478 e. The molecule has 19 heteroatoms. The van der Waals surface area contributed by atoms with Crippen LogP contribution in [0.2, 0.25) is 0 Å². The first-order chi connectivity index (χ1) is 22.1. The van der Waals surface area contributed by atoms with Crippen molar-refractivity contribution >= 4 is 51.5 Å². The number of carbonyl (C=O) groups excluding carboxylic acids is 3. The van der Waals surface area contributed by atoms with Crippen molar-refractivity contribution in [1.82, 2.24) is 14.9 Å². The maximum absolute atomic E-state index is 13.2. The Balaban J connectivity index is 0.000000659. The van der Waals surface area contributed by atoms with Crippen LogP contribution < -0.4 is 15.2 Å². The molecule has 0 radical (unpaired) electrons. The van der Waals surface area contributed by atoms with Crippen molar-refractivity contribution in [2.75, 3.05) is 13.1 Å². The average molecular weight is 726 g/mol. The predicted octanol–water partition coefficient (Wildman–Crippen LogP) is 0.800. The van der Waals surface area contributed by atoms with Crippen LogP contribution in [0.3, 0.4) is 0 Å². The van der Waals surface area contributed by atoms with E-state index in [0.29, 0.717) is 23.4 Å². The number of rotatable bonds is 10. The van der Waals surface area contributed by atoms with Crippen molar-refractivity contribution < 1.29 is 52.9 Å². The third-order valence-electron chi connectivity index (χ3n) is 7.83. The molecule has 0 bridgehead atoms. The number of β-lactam (4-membered cyclic amide) rings is 1. The number of ether oxygens (including phenoxy) is 1. The van der Waals surface area contributed by atoms with Gasteiger partial charge in [-0.3, -0.25) is 14.9 Å². The monoisotopic (exact) mass is 725 g/mol. The summed E-state index contributed by atoms with van der Waals surface area (Å²) in [4.78, 5) is 61.0. The summed E-state index contributed by atoms with van der Waals surface area (Å²) >= 11 is 1.33. The summed E-state index contributed by atoms with van der Waals surface area (Å²) < 4.78 is 29.7. The number of nitro benzene ring substituents is 1. The number of carbonyl (C=O) groups is 4. The Morgan fingerprint density at radius 3 is 2.27 bits per heavy atom. The molecule has 2 aromatic rings. The summed E-state index contributed by atoms with van der Waals surface area (Å²) in [6.45, 7) is 3.89. The van der Waals surface area contributed by atoms with E-state index in [-0.39, 0.29) is 53.6 Å². The van der Waals surface area contributed by atoms with E-state index >= 15 is 0 Å². The van der Waals surface area contributed by atoms with Crippen LogP contribution in [0.15, 0.2) is 65.2 Å². The summed E-state index contributed by atoms with van der Waals surface area (Å²) in [5.41, 5.74) is -0.0589. The molecule has 6 atom stereocenters. The highest BCUT2D eigenvalue weighted by Gasteiger charge is 2.60. The number of aliphatic hydroxyl groups excluding tert-OH is 1. The maximum atomic E-state index is 13.2. The summed E-state index contributed by atoms with van der Waals surface area (Å²) in [6.07, 6.45) is -0.414. The van der Waals surface area contributed by atoms with Crippen molar-refractivity contribution in [3.05, 3.63) is 86.4 Å². The standard InChI is InChI=1S/C22H27N5O9S2.C7H6O2.CH4.H2O/c1-10-17-16(11(2)28)20(29)26(17)18(19(10)37-15-7-13(24-9-15)8-25-38(23,34)35)22(31)36-21(30)12-3-5-14(6-4-12)27(32)33;8-7(9)6-4-2-1-3-5-6;;/h3-6,10-11,13,15-17,24-25,28H,7-9H2,1-2H3,(H2,23,34,35);1-5H,(H,8,9);1H4;1H2/t10-,11-,13+,15+,16-,17-;;;/m1.../s1. The van der Waals surface area contributed by atoms with Gasteiger partial charge in [0.05, 0.1) is 34.1 Å². The smallest absolute Gasteiger partial charge is 0.363 e. The number of carboxylic acid groups (broad SMARTS) is 1. The Morgan fingerprint density at radius 1 is 1.14 bits per heavy atom. The number of carboxylic acids is 1. The zero-order valence-electron chi connectivity index (χ0n) is 25.6. The Bertz CT molecular complexity index is 1690. The second-order valence-electron chi connectivity index (χ2n) is 11.1. The van der Waals surface area contributed by atoms with Crippen LogP contribution in [0.5, 0.6) is 0 Å². The third-order valence-corrected chi connectivity index (χ3v) is 9.91. The van der Waals surface area contributed by atoms with Gasteiger partial charge in [-0.15, -0.1) is 11.8 Å². The molecule has 0 aliphatic carbocycles. The first kappa shape index (κ1) is 40.9. The van der Waals surface area contributed by atoms with Gasteiger partial charge >= 0.3 is 17.9 Å². The molecule has 2 saturated heterocycles. The highest BCUT2D eigenvalue weighted by Crippen LogP contribution is 2.52. The maximum Gasteiger partial charge on any atom is 0.363 e. The van der Waals surface area contributed by atoms with Crippen molar-refractivity contribution in [3.8, 4) is 0 Å². The molecule has 268 valence electrons. The molecule has 2 aromatic carbocycles. The lowest BCUT2D eigenvalue weighted by atomic mass is 9.79. The van der Waals surface area contributed by atoms with Gasteiger partial charge in [-0.05, 0) is 37.6 Å². The van der Waals surface area contributed by atoms with Crippen LogP contribution in [0.25, 0.3) is 0 Å². The van der Waals surface area contributed by atoms with Gasteiger partial charge in [-0.25, -0.2) is 24.2 Å². The van der Waals surface area contributed by atoms with E-state index in [4.69, 9.17) is 15.0 Å². The molecule has 1 amide bonds. The molecule has 0 saturated carbocycles. The van der Waals surface area contributed by atoms with Crippen molar-refractivity contribution in [3.63, 3.8) is 0 Å². The molecule has 0 aromatic heterocycles. The summed E-state index contributed by atoms with van der Waals surface area (Å²) in [5, 5.41) is 37.5. The fourth-order valence-electron chi connectivity index (χ4n) is 5.58. The molecule has 49 heavy (non-hydrogen) atoms. The summed E-state index contributed by atoms with van der Waals surface area (Å²) in [6, 6.07) is 12.1. The second kappa shape index (κ2) is 16.9. The Kier molecular flexibility index (Phi) is 14.1. The summed E-state index contributed by atoms with van der Waals surface area (Å²) in [5.74, 6) is -4.46. The first-order valence-corrected chi connectivity index (χ1v) is 16.7. The first-order valence-electron chi connectivity index (χ1n) is 14.3. The lowest BCUT2D eigenvalue weighted by molar-refractivity contribution is -0.384. The number of nitrogens with one attached hydrogen (secondary N) is 2. The molecule has 3 aliphatic rings. The number of benzene rings is 2. The molecule has 8 N–H and O–H groups in total. The number of nitrogens with zero attached hydrogens (tertiary/aromatic N) is 2. The van der Waals surface area contributed by atoms with Gasteiger partial charge in [0.25, 0.3) is 15.9 Å². The Morgan fingerprint density at radius 2 is 1.76 bits per heavy atom. The van der Waals surface area contributed by atoms with E-state index in [1.54, 1.807) is 30.3 Å². The number of thioether (sulfide) groups is 1. The van der Waals surface area contributed by atoms with E-state index in [1.807, 2.05) is 6.92 Å². The molecular formula is C30H39N5O12S2. The minimum atomic E-state index is -3.85. The second-order valence-corrected chi connectivity index (χ2v) is 13.8. The quantitative estimate of drug-likeness (QED) is 0.0746. The van der Waals surface area contributed by atoms with Crippen LogP contribution in [0.4, 0.5) is 5.69 Å². The number of aromatic carboxylic acids is 1. The molecule has 0 unspecified atom stereocenters. The van der Waals surface area contributed by atoms with Crippen molar-refractivity contribution in [2.45, 2.75) is 51.1 Å². The normalized spacial score (nSPS) is 23.1. The average Bonchev–Trinajstić information content (AvgIpc) is 3.56. The van der Waals surface area contributed by atoms with Gasteiger partial charge in [-0.2, -0.15) is 8.42 Å². The van der Waals surface area contributed by atoms with Crippen molar-refractivity contribution in [1.29, 1.82) is 0 Å². The number of aliphatic hydroxyl groups is 1. The molecule has 0 spiro atoms. The van der Waals surface area contributed by atoms with Crippen LogP contribution in [0, 0.1) is 22.0 Å². The van der Waals surface area contributed by atoms with Gasteiger partial charge in [-0.1, -0.05) is 32.5 Å². The number of esters is 2. The van der Waals surface area contributed by atoms with Crippen molar-refractivity contribution in [2.24, 2.45) is 17.0 Å². The number of fused-ring (bicyclic) bond motifs is 1. The summed E-state index contributed by atoms with van der Waals surface area (Å²) in [7, 11) is -3.85. The number of non-ortho nitro benzene ring substituents is 1. The lowest BCUT2D eigenvalue weighted by Gasteiger charge is -2.46. The largest absolute Gasteiger partial charge is 0.478 e. The van der Waals surface area contributed by atoms with E-state index in [1.165, 1.54) is 23.6 Å². The number of hydrogen-bond donors (Lipinski definition) is 5. The number of amides is 1. The Hall–Kier alpha value is -4.24. The Labute approximate surface area is 286 Å². The minimum absolute atomic E-state index is 0. The third kappa shape index (κ3) is 9.69. The van der Waals surface area contributed by atoms with Gasteiger partial charge in [0.2, 0.25) is 5.91 Å². The van der Waals surface area contributed by atoms with Gasteiger partial charge in [0, 0.05) is 47.3 Å². The van der Waals surface area contributed by atoms with E-state index in [0.717, 1.165) is 24.3 Å². The van der Waals surface area contributed by atoms with Gasteiger partial charge in [0.15, 0.2) is 0 Å². The van der Waals surface area contributed by atoms with E-state index in [2.05, 4.69) is 10.0 Å². The molecular weight excluding hydrogens is 686 g/mol. The van der Waals surface area contributed by atoms with Gasteiger partial charge in [0.1, 0.15) is 5.70 Å². The fraction of sp³-hybridized carbons (Fsp3) is 0.400. The topological polar surface area (TPSA) is 280 Å². The van der Waals surface area contributed by atoms with Gasteiger partial charge < -0.3 is 30.6 Å². The van der Waals surface area contributed by atoms with Crippen LogP contribution in [-0.2, 0) is 24.5 Å². The SMILES string of the molecule is C.C[C@@H](O)[C@H]1C(=O)N2C(C(=O)OC(=O)c3ccc([N+](=O)[O-])cc3)=C(S[C@@H]3CN[C@H](CNS(N)(=O)=O)C3)[C@H](C)[C@H]12.O.O=C(O)c1ccccc1. The molecule has 2 fully saturated rings. The predicted molar refractivity (Wildman–Crippen MR) is 178 cm³/mol. The lowest BCUT2D eigenvalue weighted by Crippen LogP contribution is -2.63. The van der Waals surface area contributed by atoms with Crippen LogP contribution >= 0.6 is 11.8 Å². The molecule has 5 rings (SSSR count). The highest BCUT2D eigenvalue weighted by atomic mass is 32.2. The molecule has 3 aliphatic heterocycles. The fourth-order valence-corrected chi connectivity index (χ4v) is 7.53. The highest BCUT2D eigenvalue weighted by molar-refractivity contribution is 8.03. The number of nitrogens with two attached hydrogens (primary N) is 1. The number of nitro groups is 1. The van der Waals surface area contributed by atoms with E-state index < -0.39 is 57.0 Å². The zero-order chi connectivity index (χ0) is 34.6.